The summed E-state index contributed by atoms with van der Waals surface area (Å²) in [6, 6.07) is 0.942. The van der Waals surface area contributed by atoms with Crippen LogP contribution in [0.25, 0.3) is 0 Å². The zero-order valence-corrected chi connectivity index (χ0v) is 7.70. The van der Waals surface area contributed by atoms with E-state index in [-0.39, 0.29) is 17.0 Å². The van der Waals surface area contributed by atoms with Gasteiger partial charge in [-0.15, -0.1) is 0 Å². The molecule has 4 nitrogen and oxygen atoms in total. The normalized spacial score (nSPS) is 9.64. The number of carbonyl (C=O) groups excluding carboxylic acids is 2. The predicted molar refractivity (Wildman–Crippen MR) is 45.7 cm³/mol. The molecule has 14 heavy (non-hydrogen) atoms. The Morgan fingerprint density at radius 3 is 2.79 bits per heavy atom. The lowest BCUT2D eigenvalue weighted by Gasteiger charge is -2.03. The van der Waals surface area contributed by atoms with E-state index >= 15 is 0 Å². The maximum Gasteiger partial charge on any atom is 0.339 e. The number of ether oxygens (including phenoxy) is 1. The quantitative estimate of drug-likeness (QED) is 0.526. The average molecular weight is 197 g/mol. The molecule has 1 rings (SSSR count). The van der Waals surface area contributed by atoms with Crippen molar-refractivity contribution in [2.24, 2.45) is 0 Å². The van der Waals surface area contributed by atoms with Crippen molar-refractivity contribution in [2.75, 3.05) is 7.11 Å². The molecule has 0 amide bonds. The molecular formula is C9H8FNO3. The van der Waals surface area contributed by atoms with Crippen LogP contribution >= 0.6 is 0 Å². The molecule has 0 saturated carbocycles. The Hall–Kier alpha value is -1.78. The van der Waals surface area contributed by atoms with Gasteiger partial charge in [0.05, 0.1) is 18.4 Å². The van der Waals surface area contributed by atoms with Crippen molar-refractivity contribution in [1.82, 2.24) is 4.98 Å². The Kier molecular flexibility index (Phi) is 2.91. The maximum absolute atomic E-state index is 13.0. The number of hydrogen-bond donors (Lipinski definition) is 0. The zero-order chi connectivity index (χ0) is 10.7. The third-order valence-corrected chi connectivity index (χ3v) is 1.71. The molecule has 0 aliphatic heterocycles. The SMILES string of the molecule is COC(=O)c1cc(F)c(C=O)nc1C. The molecule has 0 N–H and O–H groups in total. The van der Waals surface area contributed by atoms with E-state index in [1.807, 2.05) is 0 Å². The second kappa shape index (κ2) is 3.95. The summed E-state index contributed by atoms with van der Waals surface area (Å²) in [5.74, 6) is -1.50. The Bertz CT molecular complexity index is 390. The van der Waals surface area contributed by atoms with E-state index in [1.54, 1.807) is 0 Å². The van der Waals surface area contributed by atoms with Crippen molar-refractivity contribution >= 4 is 12.3 Å². The molecule has 1 aromatic rings. The molecule has 0 aromatic carbocycles. The minimum atomic E-state index is -0.828. The number of methoxy groups -OCH3 is 1. The first-order valence-electron chi connectivity index (χ1n) is 3.80. The highest BCUT2D eigenvalue weighted by Crippen LogP contribution is 2.11. The summed E-state index contributed by atoms with van der Waals surface area (Å²) < 4.78 is 17.4. The number of aldehydes is 1. The van der Waals surface area contributed by atoms with Gasteiger partial charge in [0, 0.05) is 0 Å². The first-order chi connectivity index (χ1) is 6.60. The number of carbonyl (C=O) groups is 2. The lowest BCUT2D eigenvalue weighted by Crippen LogP contribution is -2.08. The Morgan fingerprint density at radius 1 is 1.64 bits per heavy atom. The molecule has 1 heterocycles. The van der Waals surface area contributed by atoms with Crippen LogP contribution < -0.4 is 0 Å². The molecule has 0 aliphatic carbocycles. The Labute approximate surface area is 79.7 Å². The van der Waals surface area contributed by atoms with Gasteiger partial charge in [-0.25, -0.2) is 14.2 Å². The van der Waals surface area contributed by atoms with Crippen LogP contribution in [0.4, 0.5) is 4.39 Å². The monoisotopic (exact) mass is 197 g/mol. The second-order valence-corrected chi connectivity index (χ2v) is 2.60. The van der Waals surface area contributed by atoms with E-state index in [1.165, 1.54) is 14.0 Å². The minimum absolute atomic E-state index is 0.0237. The number of pyridine rings is 1. The number of esters is 1. The molecule has 74 valence electrons. The number of nitrogens with zero attached hydrogens (tertiary/aromatic N) is 1. The van der Waals surface area contributed by atoms with Gasteiger partial charge in [-0.3, -0.25) is 4.79 Å². The van der Waals surface area contributed by atoms with Crippen LogP contribution in [0, 0.1) is 12.7 Å². The third kappa shape index (κ3) is 1.76. The van der Waals surface area contributed by atoms with Crippen LogP contribution in [-0.4, -0.2) is 24.3 Å². The Morgan fingerprint density at radius 2 is 2.29 bits per heavy atom. The summed E-state index contributed by atoms with van der Waals surface area (Å²) in [5, 5.41) is 0. The molecule has 0 fully saturated rings. The van der Waals surface area contributed by atoms with Crippen LogP contribution in [0.1, 0.15) is 26.5 Å². The fourth-order valence-electron chi connectivity index (χ4n) is 0.999. The maximum atomic E-state index is 13.0. The standard InChI is InChI=1S/C9H8FNO3/c1-5-6(9(13)14-2)3-7(10)8(4-12)11-5/h3-4H,1-2H3. The molecule has 1 aromatic heterocycles. The van der Waals surface area contributed by atoms with Gasteiger partial charge in [-0.05, 0) is 13.0 Å². The van der Waals surface area contributed by atoms with E-state index in [9.17, 15) is 14.0 Å². The summed E-state index contributed by atoms with van der Waals surface area (Å²) in [6.45, 7) is 1.50. The van der Waals surface area contributed by atoms with Crippen LogP contribution in [0.5, 0.6) is 0 Å². The lowest BCUT2D eigenvalue weighted by molar-refractivity contribution is 0.0598. The molecule has 0 aliphatic rings. The molecular weight excluding hydrogens is 189 g/mol. The fraction of sp³-hybridized carbons (Fsp3) is 0.222. The van der Waals surface area contributed by atoms with Crippen molar-refractivity contribution in [3.05, 3.63) is 28.8 Å². The lowest BCUT2D eigenvalue weighted by atomic mass is 10.2. The molecule has 0 bridgehead atoms. The van der Waals surface area contributed by atoms with Gasteiger partial charge in [0.1, 0.15) is 5.69 Å². The molecule has 0 saturated heterocycles. The van der Waals surface area contributed by atoms with Gasteiger partial charge in [0.25, 0.3) is 0 Å². The first-order valence-corrected chi connectivity index (χ1v) is 3.80. The third-order valence-electron chi connectivity index (χ3n) is 1.71. The fourth-order valence-corrected chi connectivity index (χ4v) is 0.999. The zero-order valence-electron chi connectivity index (χ0n) is 7.70. The van der Waals surface area contributed by atoms with Crippen LogP contribution in [-0.2, 0) is 4.74 Å². The summed E-state index contributed by atoms with van der Waals surface area (Å²) in [6.07, 6.45) is 0.295. The summed E-state index contributed by atoms with van der Waals surface area (Å²) in [7, 11) is 1.19. The van der Waals surface area contributed by atoms with Crippen molar-refractivity contribution < 1.29 is 18.7 Å². The van der Waals surface area contributed by atoms with E-state index in [2.05, 4.69) is 9.72 Å². The highest BCUT2D eigenvalue weighted by atomic mass is 19.1. The van der Waals surface area contributed by atoms with E-state index in [0.29, 0.717) is 6.29 Å². The molecule has 5 heteroatoms. The average Bonchev–Trinajstić information content (AvgIpc) is 2.19. The number of aromatic nitrogens is 1. The van der Waals surface area contributed by atoms with Crippen molar-refractivity contribution in [2.45, 2.75) is 6.92 Å². The van der Waals surface area contributed by atoms with E-state index < -0.39 is 11.8 Å². The number of halogens is 1. The van der Waals surface area contributed by atoms with Crippen molar-refractivity contribution in [1.29, 1.82) is 0 Å². The predicted octanol–water partition coefficient (Wildman–Crippen LogP) is 1.13. The van der Waals surface area contributed by atoms with Crippen LogP contribution in [0.15, 0.2) is 6.07 Å². The van der Waals surface area contributed by atoms with Gasteiger partial charge >= 0.3 is 5.97 Å². The first kappa shape index (κ1) is 10.3. The summed E-state index contributed by atoms with van der Waals surface area (Å²) >= 11 is 0. The second-order valence-electron chi connectivity index (χ2n) is 2.60. The smallest absolute Gasteiger partial charge is 0.339 e. The van der Waals surface area contributed by atoms with Gasteiger partial charge in [0.15, 0.2) is 12.1 Å². The van der Waals surface area contributed by atoms with Crippen LogP contribution in [0.2, 0.25) is 0 Å². The highest BCUT2D eigenvalue weighted by Gasteiger charge is 2.14. The number of aryl methyl sites for hydroxylation is 1. The van der Waals surface area contributed by atoms with Gasteiger partial charge < -0.3 is 4.74 Å². The molecule has 0 atom stereocenters. The van der Waals surface area contributed by atoms with Crippen molar-refractivity contribution in [3.63, 3.8) is 0 Å². The van der Waals surface area contributed by atoms with E-state index in [0.717, 1.165) is 6.07 Å². The number of rotatable bonds is 2. The van der Waals surface area contributed by atoms with Crippen molar-refractivity contribution in [3.8, 4) is 0 Å². The van der Waals surface area contributed by atoms with E-state index in [4.69, 9.17) is 0 Å². The topological polar surface area (TPSA) is 56.3 Å². The molecule has 0 radical (unpaired) electrons. The van der Waals surface area contributed by atoms with Crippen LogP contribution in [0.3, 0.4) is 0 Å². The number of hydrogen-bond acceptors (Lipinski definition) is 4. The summed E-state index contributed by atoms with van der Waals surface area (Å²) in [4.78, 5) is 25.0. The largest absolute Gasteiger partial charge is 0.465 e. The minimum Gasteiger partial charge on any atom is -0.465 e. The van der Waals surface area contributed by atoms with Gasteiger partial charge in [-0.2, -0.15) is 0 Å². The molecule has 0 spiro atoms. The van der Waals surface area contributed by atoms with Gasteiger partial charge in [0.2, 0.25) is 0 Å². The highest BCUT2D eigenvalue weighted by molar-refractivity contribution is 5.91. The Balaban J connectivity index is 3.28. The summed E-state index contributed by atoms with van der Waals surface area (Å²) in [5.41, 5.74) is -0.0221. The molecule has 0 unspecified atom stereocenters. The van der Waals surface area contributed by atoms with Gasteiger partial charge in [-0.1, -0.05) is 0 Å².